The third-order valence-electron chi connectivity index (χ3n) is 6.24. The van der Waals surface area contributed by atoms with Crippen molar-refractivity contribution in [1.82, 2.24) is 29.9 Å². The van der Waals surface area contributed by atoms with Crippen LogP contribution in [-0.2, 0) is 0 Å². The van der Waals surface area contributed by atoms with E-state index in [0.29, 0.717) is 5.82 Å². The van der Waals surface area contributed by atoms with Crippen LogP contribution in [0.5, 0.6) is 5.75 Å². The van der Waals surface area contributed by atoms with Crippen molar-refractivity contribution < 1.29 is 9.26 Å². The summed E-state index contributed by atoms with van der Waals surface area (Å²) in [6, 6.07) is 4.35. The van der Waals surface area contributed by atoms with E-state index in [1.165, 1.54) is 0 Å². The number of rotatable bonds is 5. The average Bonchev–Trinajstić information content (AvgIpc) is 3.40. The van der Waals surface area contributed by atoms with Crippen LogP contribution in [0.4, 0.5) is 11.5 Å². The number of nitrogens with zero attached hydrogens (tertiary/aromatic N) is 5. The van der Waals surface area contributed by atoms with Gasteiger partial charge in [0.1, 0.15) is 28.8 Å². The van der Waals surface area contributed by atoms with Crippen LogP contribution in [0.1, 0.15) is 48.6 Å². The van der Waals surface area contributed by atoms with Crippen molar-refractivity contribution in [1.29, 1.82) is 0 Å². The van der Waals surface area contributed by atoms with E-state index in [1.807, 2.05) is 38.4 Å². The quantitative estimate of drug-likeness (QED) is 0.340. The fourth-order valence-electron chi connectivity index (χ4n) is 4.72. The van der Waals surface area contributed by atoms with Crippen LogP contribution >= 0.6 is 0 Å². The number of nitrogens with one attached hydrogen (secondary N) is 2. The predicted molar refractivity (Wildman–Crippen MR) is 133 cm³/mol. The molecule has 0 aliphatic carbocycles. The lowest BCUT2D eigenvalue weighted by atomic mass is 10.0. The first-order chi connectivity index (χ1) is 16.2. The molecule has 0 spiro atoms. The first-order valence-electron chi connectivity index (χ1n) is 11.3. The van der Waals surface area contributed by atoms with Gasteiger partial charge in [-0.1, -0.05) is 5.16 Å². The number of hydrogen-bond acceptors (Lipinski definition) is 7. The van der Waals surface area contributed by atoms with Gasteiger partial charge < -0.3 is 19.6 Å². The van der Waals surface area contributed by atoms with Crippen molar-refractivity contribution in [2.75, 3.05) is 12.4 Å². The molecule has 9 heteroatoms. The second kappa shape index (κ2) is 7.86. The first-order valence-corrected chi connectivity index (χ1v) is 11.3. The lowest BCUT2D eigenvalue weighted by Crippen LogP contribution is -2.05. The summed E-state index contributed by atoms with van der Waals surface area (Å²) in [5, 5.41) is 14.3. The summed E-state index contributed by atoms with van der Waals surface area (Å²) in [6.07, 6.45) is 0. The second-order valence-corrected chi connectivity index (χ2v) is 8.97. The van der Waals surface area contributed by atoms with Crippen LogP contribution in [0.2, 0.25) is 0 Å². The maximum atomic E-state index is 5.80. The molecule has 5 rings (SSSR count). The Morgan fingerprint density at radius 3 is 2.44 bits per heavy atom. The number of aryl methyl sites for hydroxylation is 4. The highest BCUT2D eigenvalue weighted by atomic mass is 16.5. The number of fused-ring (bicyclic) bond motifs is 3. The number of methoxy groups -OCH3 is 1. The molecule has 0 radical (unpaired) electrons. The molecule has 0 atom stereocenters. The predicted octanol–water partition coefficient (Wildman–Crippen LogP) is 5.84. The van der Waals surface area contributed by atoms with Gasteiger partial charge in [-0.2, -0.15) is 5.10 Å². The van der Waals surface area contributed by atoms with E-state index in [0.717, 1.165) is 73.2 Å². The Labute approximate surface area is 197 Å². The van der Waals surface area contributed by atoms with Crippen molar-refractivity contribution in [3.05, 3.63) is 40.8 Å². The van der Waals surface area contributed by atoms with Gasteiger partial charge in [-0.25, -0.2) is 9.97 Å². The SMILES string of the molecule is COc1cc2c(cc1-c1c(C)noc1C)[nH]c1nc(C)nc(Nc3c(C)nn(C(C)C)c3C)c12. The number of hydrogen-bond donors (Lipinski definition) is 2. The Hall–Kier alpha value is -3.88. The minimum absolute atomic E-state index is 0.265. The van der Waals surface area contributed by atoms with Crippen LogP contribution in [0, 0.1) is 34.6 Å². The Morgan fingerprint density at radius 2 is 1.82 bits per heavy atom. The van der Waals surface area contributed by atoms with E-state index < -0.39 is 0 Å². The average molecular weight is 460 g/mol. The molecule has 4 aromatic heterocycles. The molecular weight excluding hydrogens is 430 g/mol. The van der Waals surface area contributed by atoms with Gasteiger partial charge in [0.15, 0.2) is 0 Å². The van der Waals surface area contributed by atoms with Gasteiger partial charge in [0.05, 0.1) is 40.8 Å². The third kappa shape index (κ3) is 3.30. The summed E-state index contributed by atoms with van der Waals surface area (Å²) in [5.41, 5.74) is 7.31. The lowest BCUT2D eigenvalue weighted by Gasteiger charge is -2.11. The number of H-pyrrole nitrogens is 1. The monoisotopic (exact) mass is 459 g/mol. The summed E-state index contributed by atoms with van der Waals surface area (Å²) in [6.45, 7) is 14.1. The zero-order valence-corrected chi connectivity index (χ0v) is 20.8. The van der Waals surface area contributed by atoms with Crippen molar-refractivity contribution in [3.63, 3.8) is 0 Å². The van der Waals surface area contributed by atoms with Gasteiger partial charge >= 0.3 is 0 Å². The molecule has 5 aromatic rings. The maximum Gasteiger partial charge on any atom is 0.144 e. The summed E-state index contributed by atoms with van der Waals surface area (Å²) in [7, 11) is 1.67. The van der Waals surface area contributed by atoms with Crippen molar-refractivity contribution in [2.45, 2.75) is 54.5 Å². The van der Waals surface area contributed by atoms with Crippen molar-refractivity contribution >= 4 is 33.4 Å². The largest absolute Gasteiger partial charge is 0.496 e. The van der Waals surface area contributed by atoms with E-state index in [4.69, 9.17) is 19.3 Å². The van der Waals surface area contributed by atoms with Crippen LogP contribution in [0.15, 0.2) is 16.7 Å². The molecule has 176 valence electrons. The molecule has 4 heterocycles. The zero-order chi connectivity index (χ0) is 24.3. The Bertz CT molecular complexity index is 1540. The molecule has 0 aliphatic rings. The molecule has 34 heavy (non-hydrogen) atoms. The van der Waals surface area contributed by atoms with Gasteiger partial charge in [0, 0.05) is 22.5 Å². The van der Waals surface area contributed by atoms with Gasteiger partial charge in [-0.3, -0.25) is 4.68 Å². The molecular formula is C25H29N7O2. The summed E-state index contributed by atoms with van der Waals surface area (Å²) < 4.78 is 13.2. The number of aromatic nitrogens is 6. The summed E-state index contributed by atoms with van der Waals surface area (Å²) in [4.78, 5) is 12.9. The molecule has 0 unspecified atom stereocenters. The normalized spacial score (nSPS) is 11.8. The molecule has 0 aliphatic heterocycles. The van der Waals surface area contributed by atoms with E-state index in [1.54, 1.807) is 7.11 Å². The fraction of sp³-hybridized carbons (Fsp3) is 0.360. The van der Waals surface area contributed by atoms with Gasteiger partial charge in [-0.05, 0) is 60.6 Å². The number of ether oxygens (including phenoxy) is 1. The summed E-state index contributed by atoms with van der Waals surface area (Å²) >= 11 is 0. The van der Waals surface area contributed by atoms with Crippen LogP contribution in [0.25, 0.3) is 33.1 Å². The molecule has 1 aromatic carbocycles. The van der Waals surface area contributed by atoms with Gasteiger partial charge in [0.2, 0.25) is 0 Å². The van der Waals surface area contributed by atoms with Crippen molar-refractivity contribution in [3.8, 4) is 16.9 Å². The second-order valence-electron chi connectivity index (χ2n) is 8.97. The minimum atomic E-state index is 0.265. The lowest BCUT2D eigenvalue weighted by molar-refractivity contribution is 0.393. The maximum absolute atomic E-state index is 5.80. The zero-order valence-electron chi connectivity index (χ0n) is 20.8. The Morgan fingerprint density at radius 1 is 1.06 bits per heavy atom. The molecule has 2 N–H and O–H groups in total. The van der Waals surface area contributed by atoms with Gasteiger partial charge in [0.25, 0.3) is 0 Å². The minimum Gasteiger partial charge on any atom is -0.496 e. The smallest absolute Gasteiger partial charge is 0.144 e. The molecule has 0 saturated carbocycles. The standard InChI is InChI=1S/C25H29N7O2/c1-11(2)32-14(5)23(13(4)30-32)29-25-22-17-10-20(33-8)18(21-12(3)31-34-15(21)6)9-19(17)28-24(22)26-16(7)27-25/h9-11H,1-8H3,(H2,26,27,28,29). The Balaban J connectivity index is 1.74. The molecule has 0 bridgehead atoms. The topological polar surface area (TPSA) is 107 Å². The molecule has 0 amide bonds. The van der Waals surface area contributed by atoms with E-state index in [9.17, 15) is 0 Å². The first kappa shape index (κ1) is 21.9. The summed E-state index contributed by atoms with van der Waals surface area (Å²) in [5.74, 6) is 2.88. The van der Waals surface area contributed by atoms with Crippen LogP contribution < -0.4 is 10.1 Å². The number of anilines is 2. The Kier molecular flexibility index (Phi) is 5.07. The number of aromatic amines is 1. The van der Waals surface area contributed by atoms with E-state index in [-0.39, 0.29) is 6.04 Å². The third-order valence-corrected chi connectivity index (χ3v) is 6.24. The molecule has 0 saturated heterocycles. The highest BCUT2D eigenvalue weighted by Gasteiger charge is 2.22. The van der Waals surface area contributed by atoms with Crippen molar-refractivity contribution in [2.24, 2.45) is 0 Å². The highest BCUT2D eigenvalue weighted by Crippen LogP contribution is 2.41. The number of benzene rings is 1. The van der Waals surface area contributed by atoms with E-state index in [2.05, 4.69) is 47.3 Å². The molecule has 0 fully saturated rings. The molecule has 9 nitrogen and oxygen atoms in total. The van der Waals surface area contributed by atoms with Crippen LogP contribution in [0.3, 0.4) is 0 Å². The fourth-order valence-corrected chi connectivity index (χ4v) is 4.72. The highest BCUT2D eigenvalue weighted by molar-refractivity contribution is 6.13. The van der Waals surface area contributed by atoms with E-state index >= 15 is 0 Å². The van der Waals surface area contributed by atoms with Gasteiger partial charge in [-0.15, -0.1) is 0 Å². The van der Waals surface area contributed by atoms with Crippen LogP contribution in [-0.4, -0.2) is 37.0 Å².